The van der Waals surface area contributed by atoms with E-state index in [1.54, 1.807) is 23.5 Å². The van der Waals surface area contributed by atoms with Crippen molar-refractivity contribution in [3.05, 3.63) is 56.2 Å². The van der Waals surface area contributed by atoms with Gasteiger partial charge >= 0.3 is 0 Å². The number of aryl methyl sites for hydroxylation is 2. The summed E-state index contributed by atoms with van der Waals surface area (Å²) < 4.78 is 0. The lowest BCUT2D eigenvalue weighted by Gasteiger charge is -2.10. The second-order valence-electron chi connectivity index (χ2n) is 3.82. The summed E-state index contributed by atoms with van der Waals surface area (Å²) in [5.74, 6) is 0. The van der Waals surface area contributed by atoms with Gasteiger partial charge in [-0.2, -0.15) is 0 Å². The van der Waals surface area contributed by atoms with E-state index in [0.29, 0.717) is 5.02 Å². The molecule has 0 spiro atoms. The Kier molecular flexibility index (Phi) is 3.33. The van der Waals surface area contributed by atoms with Crippen LogP contribution in [0.25, 0.3) is 0 Å². The monoisotopic (exact) mass is 252 g/mol. The standard InChI is InChI=1S/C13H13ClOS/c1-8-7-12(9(2)16-8)13(15)10-3-5-11(14)6-4-10/h3-7,13,15H,1-2H3. The first kappa shape index (κ1) is 11.6. The molecule has 0 saturated carbocycles. The fourth-order valence-corrected chi connectivity index (χ4v) is 2.83. The topological polar surface area (TPSA) is 20.2 Å². The van der Waals surface area contributed by atoms with Gasteiger partial charge in [-0.25, -0.2) is 0 Å². The molecule has 2 aromatic rings. The van der Waals surface area contributed by atoms with E-state index in [4.69, 9.17) is 11.6 Å². The summed E-state index contributed by atoms with van der Waals surface area (Å²) in [4.78, 5) is 2.39. The van der Waals surface area contributed by atoms with Gasteiger partial charge < -0.3 is 5.11 Å². The van der Waals surface area contributed by atoms with Crippen LogP contribution in [0.5, 0.6) is 0 Å². The Morgan fingerprint density at radius 2 is 1.81 bits per heavy atom. The van der Waals surface area contributed by atoms with Gasteiger partial charge in [0.25, 0.3) is 0 Å². The summed E-state index contributed by atoms with van der Waals surface area (Å²) in [5, 5.41) is 10.9. The van der Waals surface area contributed by atoms with Gasteiger partial charge in [-0.15, -0.1) is 11.3 Å². The Bertz CT molecular complexity index is 487. The molecule has 84 valence electrons. The van der Waals surface area contributed by atoms with E-state index in [2.05, 4.69) is 6.92 Å². The van der Waals surface area contributed by atoms with Crippen LogP contribution in [0.3, 0.4) is 0 Å². The summed E-state index contributed by atoms with van der Waals surface area (Å²) in [6, 6.07) is 9.36. The Morgan fingerprint density at radius 3 is 2.31 bits per heavy atom. The summed E-state index contributed by atoms with van der Waals surface area (Å²) >= 11 is 7.53. The van der Waals surface area contributed by atoms with Crippen molar-refractivity contribution < 1.29 is 5.11 Å². The first-order valence-corrected chi connectivity index (χ1v) is 6.28. The van der Waals surface area contributed by atoms with Crippen LogP contribution in [0.2, 0.25) is 5.02 Å². The van der Waals surface area contributed by atoms with Crippen LogP contribution in [-0.4, -0.2) is 5.11 Å². The molecule has 1 heterocycles. The molecular weight excluding hydrogens is 240 g/mol. The van der Waals surface area contributed by atoms with Crippen molar-refractivity contribution in [3.8, 4) is 0 Å². The quantitative estimate of drug-likeness (QED) is 0.853. The van der Waals surface area contributed by atoms with E-state index < -0.39 is 6.10 Å². The van der Waals surface area contributed by atoms with E-state index in [9.17, 15) is 5.11 Å². The van der Waals surface area contributed by atoms with Gasteiger partial charge in [-0.3, -0.25) is 0 Å². The fourth-order valence-electron chi connectivity index (χ4n) is 1.75. The Hall–Kier alpha value is -0.830. The minimum atomic E-state index is -0.554. The van der Waals surface area contributed by atoms with Gasteiger partial charge in [-0.1, -0.05) is 23.7 Å². The van der Waals surface area contributed by atoms with Crippen LogP contribution >= 0.6 is 22.9 Å². The highest BCUT2D eigenvalue weighted by molar-refractivity contribution is 7.12. The molecule has 0 bridgehead atoms. The minimum absolute atomic E-state index is 0.554. The molecule has 1 unspecified atom stereocenters. The SMILES string of the molecule is Cc1cc(C(O)c2ccc(Cl)cc2)c(C)s1. The number of benzene rings is 1. The molecule has 1 atom stereocenters. The zero-order valence-corrected chi connectivity index (χ0v) is 10.8. The average Bonchev–Trinajstić information content (AvgIpc) is 2.58. The third-order valence-electron chi connectivity index (χ3n) is 2.56. The van der Waals surface area contributed by atoms with Crippen molar-refractivity contribution in [3.63, 3.8) is 0 Å². The maximum Gasteiger partial charge on any atom is 0.105 e. The molecule has 0 aliphatic carbocycles. The average molecular weight is 253 g/mol. The molecule has 0 radical (unpaired) electrons. The smallest absolute Gasteiger partial charge is 0.105 e. The lowest BCUT2D eigenvalue weighted by Crippen LogP contribution is -1.99. The van der Waals surface area contributed by atoms with Crippen LogP contribution in [0.15, 0.2) is 30.3 Å². The Morgan fingerprint density at radius 1 is 1.19 bits per heavy atom. The number of aliphatic hydroxyl groups excluding tert-OH is 1. The minimum Gasteiger partial charge on any atom is -0.384 e. The summed E-state index contributed by atoms with van der Waals surface area (Å²) in [5.41, 5.74) is 1.87. The molecule has 0 amide bonds. The number of halogens is 1. The number of rotatable bonds is 2. The van der Waals surface area contributed by atoms with Crippen LogP contribution in [0.4, 0.5) is 0 Å². The normalized spacial score (nSPS) is 12.8. The second kappa shape index (κ2) is 4.58. The van der Waals surface area contributed by atoms with Gasteiger partial charge in [-0.05, 0) is 43.2 Å². The molecule has 16 heavy (non-hydrogen) atoms. The Balaban J connectivity index is 2.35. The van der Waals surface area contributed by atoms with Crippen LogP contribution < -0.4 is 0 Å². The number of hydrogen-bond acceptors (Lipinski definition) is 2. The number of thiophene rings is 1. The third kappa shape index (κ3) is 2.29. The summed E-state index contributed by atoms with van der Waals surface area (Å²) in [7, 11) is 0. The molecule has 2 rings (SSSR count). The largest absolute Gasteiger partial charge is 0.384 e. The Labute approximate surface area is 104 Å². The van der Waals surface area contributed by atoms with E-state index in [0.717, 1.165) is 11.1 Å². The molecule has 0 saturated heterocycles. The zero-order chi connectivity index (χ0) is 11.7. The maximum absolute atomic E-state index is 10.2. The van der Waals surface area contributed by atoms with Gasteiger partial charge in [0, 0.05) is 14.8 Å². The van der Waals surface area contributed by atoms with Crippen molar-refractivity contribution in [2.75, 3.05) is 0 Å². The molecule has 1 nitrogen and oxygen atoms in total. The zero-order valence-electron chi connectivity index (χ0n) is 9.20. The molecule has 3 heteroatoms. The molecular formula is C13H13ClOS. The predicted molar refractivity (Wildman–Crippen MR) is 69.3 cm³/mol. The highest BCUT2D eigenvalue weighted by Gasteiger charge is 2.14. The van der Waals surface area contributed by atoms with Crippen molar-refractivity contribution in [1.29, 1.82) is 0 Å². The molecule has 0 fully saturated rings. The summed E-state index contributed by atoms with van der Waals surface area (Å²) in [6.07, 6.45) is -0.554. The summed E-state index contributed by atoms with van der Waals surface area (Å²) in [6.45, 7) is 4.09. The fraction of sp³-hybridized carbons (Fsp3) is 0.231. The first-order chi connectivity index (χ1) is 7.58. The van der Waals surface area contributed by atoms with Gasteiger partial charge in [0.2, 0.25) is 0 Å². The highest BCUT2D eigenvalue weighted by atomic mass is 35.5. The molecule has 1 aromatic heterocycles. The first-order valence-electron chi connectivity index (χ1n) is 5.08. The lowest BCUT2D eigenvalue weighted by molar-refractivity contribution is 0.220. The third-order valence-corrected chi connectivity index (χ3v) is 3.79. The molecule has 0 aliphatic heterocycles. The van der Waals surface area contributed by atoms with Crippen LogP contribution in [0, 0.1) is 13.8 Å². The number of hydrogen-bond donors (Lipinski definition) is 1. The van der Waals surface area contributed by atoms with Crippen molar-refractivity contribution in [2.45, 2.75) is 20.0 Å². The predicted octanol–water partition coefficient (Wildman–Crippen LogP) is 4.10. The van der Waals surface area contributed by atoms with Gasteiger partial charge in [0.05, 0.1) is 0 Å². The van der Waals surface area contributed by atoms with E-state index in [-0.39, 0.29) is 0 Å². The number of aliphatic hydroxyl groups is 1. The lowest BCUT2D eigenvalue weighted by atomic mass is 10.0. The second-order valence-corrected chi connectivity index (χ2v) is 5.72. The van der Waals surface area contributed by atoms with Crippen LogP contribution in [0.1, 0.15) is 27.0 Å². The van der Waals surface area contributed by atoms with Crippen LogP contribution in [-0.2, 0) is 0 Å². The van der Waals surface area contributed by atoms with Gasteiger partial charge in [0.15, 0.2) is 0 Å². The van der Waals surface area contributed by atoms with E-state index in [1.807, 2.05) is 25.1 Å². The van der Waals surface area contributed by atoms with Crippen molar-refractivity contribution in [2.24, 2.45) is 0 Å². The van der Waals surface area contributed by atoms with Crippen molar-refractivity contribution >= 4 is 22.9 Å². The molecule has 0 aliphatic rings. The highest BCUT2D eigenvalue weighted by Crippen LogP contribution is 2.30. The van der Waals surface area contributed by atoms with E-state index in [1.165, 1.54) is 9.75 Å². The molecule has 1 N–H and O–H groups in total. The van der Waals surface area contributed by atoms with Crippen molar-refractivity contribution in [1.82, 2.24) is 0 Å². The maximum atomic E-state index is 10.2. The molecule has 1 aromatic carbocycles. The van der Waals surface area contributed by atoms with Gasteiger partial charge in [0.1, 0.15) is 6.10 Å². The van der Waals surface area contributed by atoms with E-state index >= 15 is 0 Å².